The summed E-state index contributed by atoms with van der Waals surface area (Å²) in [7, 11) is 0. The molecule has 0 aliphatic heterocycles. The van der Waals surface area contributed by atoms with Gasteiger partial charge in [0.1, 0.15) is 0 Å². The largest absolute Gasteiger partial charge is 0.503 e. The van der Waals surface area contributed by atoms with Crippen LogP contribution in [-0.2, 0) is 9.59 Å². The molecule has 7 heteroatoms. The van der Waals surface area contributed by atoms with Crippen molar-refractivity contribution in [3.63, 3.8) is 0 Å². The first-order valence-corrected chi connectivity index (χ1v) is 2.92. The maximum Gasteiger partial charge on any atom is 0.503 e. The van der Waals surface area contributed by atoms with Gasteiger partial charge in [0, 0.05) is 12.2 Å². The molecule has 0 rings (SSSR count). The Balaban J connectivity index is -0.000000170. The zero-order valence-corrected chi connectivity index (χ0v) is 7.08. The van der Waals surface area contributed by atoms with Crippen molar-refractivity contribution in [3.05, 3.63) is 25.3 Å². The lowest BCUT2D eigenvalue weighted by molar-refractivity contribution is -0.134. The summed E-state index contributed by atoms with van der Waals surface area (Å²) in [6, 6.07) is 0. The van der Waals surface area contributed by atoms with Crippen molar-refractivity contribution in [2.45, 2.75) is 0 Å². The molecule has 0 spiro atoms. The van der Waals surface area contributed by atoms with Crippen molar-refractivity contribution < 1.29 is 34.8 Å². The SMILES string of the molecule is C=C.O=C(O)/C=C\C(=O)O.O=C(O)O. The molecule has 0 bridgehead atoms. The lowest BCUT2D eigenvalue weighted by Gasteiger charge is -1.74. The number of hydrogen-bond donors (Lipinski definition) is 4. The normalized spacial score (nSPS) is 7.43. The van der Waals surface area contributed by atoms with Crippen LogP contribution in [0.5, 0.6) is 0 Å². The molecule has 0 saturated heterocycles. The summed E-state index contributed by atoms with van der Waals surface area (Å²) in [4.78, 5) is 27.7. The summed E-state index contributed by atoms with van der Waals surface area (Å²) in [6.07, 6.45) is -0.718. The van der Waals surface area contributed by atoms with Gasteiger partial charge in [0.05, 0.1) is 0 Å². The Bertz CT molecular complexity index is 198. The Labute approximate surface area is 79.2 Å². The molecule has 0 aromatic carbocycles. The van der Waals surface area contributed by atoms with Crippen LogP contribution in [0.25, 0.3) is 0 Å². The smallest absolute Gasteiger partial charge is 0.478 e. The van der Waals surface area contributed by atoms with Gasteiger partial charge in [-0.05, 0) is 0 Å². The van der Waals surface area contributed by atoms with Gasteiger partial charge < -0.3 is 20.4 Å². The van der Waals surface area contributed by atoms with E-state index in [1.165, 1.54) is 0 Å². The molecule has 7 nitrogen and oxygen atoms in total. The fourth-order valence-electron chi connectivity index (χ4n) is 0.143. The minimum Gasteiger partial charge on any atom is -0.478 e. The highest BCUT2D eigenvalue weighted by atomic mass is 16.6. The van der Waals surface area contributed by atoms with E-state index in [9.17, 15) is 9.59 Å². The van der Waals surface area contributed by atoms with Crippen LogP contribution in [0.1, 0.15) is 0 Å². The third-order valence-electron chi connectivity index (χ3n) is 0.368. The van der Waals surface area contributed by atoms with Gasteiger partial charge >= 0.3 is 18.1 Å². The van der Waals surface area contributed by atoms with Crippen LogP contribution >= 0.6 is 0 Å². The molecule has 0 heterocycles. The second-order valence-corrected chi connectivity index (χ2v) is 1.29. The fraction of sp³-hybridized carbons (Fsp3) is 0. The van der Waals surface area contributed by atoms with Gasteiger partial charge in [-0.1, -0.05) is 0 Å². The summed E-state index contributed by atoms with van der Waals surface area (Å²) in [5.41, 5.74) is 0. The third-order valence-corrected chi connectivity index (χ3v) is 0.368. The number of carboxylic acids is 2. The Morgan fingerprint density at radius 2 is 0.929 bits per heavy atom. The average molecular weight is 206 g/mol. The van der Waals surface area contributed by atoms with Gasteiger partial charge in [-0.25, -0.2) is 14.4 Å². The molecule has 0 amide bonds. The summed E-state index contributed by atoms with van der Waals surface area (Å²) in [5, 5.41) is 29.6. The fourth-order valence-corrected chi connectivity index (χ4v) is 0.143. The van der Waals surface area contributed by atoms with Crippen molar-refractivity contribution in [1.82, 2.24) is 0 Å². The maximum atomic E-state index is 9.55. The second-order valence-electron chi connectivity index (χ2n) is 1.29. The molecule has 0 saturated carbocycles. The van der Waals surface area contributed by atoms with E-state index in [-0.39, 0.29) is 0 Å². The standard InChI is InChI=1S/C4H4O4.C2H4.CH2O3/c5-3(6)1-2-4(7)8;1-2;2-1(3)4/h1-2H,(H,5,6)(H,7,8);1-2H2;(H2,2,3,4)/b2-1-;;. The molecule has 0 atom stereocenters. The Kier molecular flexibility index (Phi) is 16.8. The molecule has 80 valence electrons. The average Bonchev–Trinajstić information content (AvgIpc) is 2.03. The highest BCUT2D eigenvalue weighted by Crippen LogP contribution is 1.70. The summed E-state index contributed by atoms with van der Waals surface area (Å²) >= 11 is 0. The molecule has 0 radical (unpaired) electrons. The first-order valence-electron chi connectivity index (χ1n) is 2.92. The van der Waals surface area contributed by atoms with Crippen LogP contribution in [0.15, 0.2) is 25.3 Å². The van der Waals surface area contributed by atoms with E-state index >= 15 is 0 Å². The van der Waals surface area contributed by atoms with Crippen LogP contribution in [-0.4, -0.2) is 38.5 Å². The Morgan fingerprint density at radius 3 is 1.00 bits per heavy atom. The number of rotatable bonds is 2. The van der Waals surface area contributed by atoms with Crippen LogP contribution in [0.2, 0.25) is 0 Å². The van der Waals surface area contributed by atoms with Crippen molar-refractivity contribution in [2.24, 2.45) is 0 Å². The van der Waals surface area contributed by atoms with E-state index in [0.29, 0.717) is 12.2 Å². The molecule has 0 unspecified atom stereocenters. The molecule has 0 fully saturated rings. The Hall–Kier alpha value is -2.31. The van der Waals surface area contributed by atoms with Gasteiger partial charge in [-0.15, -0.1) is 13.2 Å². The molecule has 14 heavy (non-hydrogen) atoms. The van der Waals surface area contributed by atoms with Crippen LogP contribution < -0.4 is 0 Å². The molecular weight excluding hydrogens is 196 g/mol. The van der Waals surface area contributed by atoms with Crippen molar-refractivity contribution >= 4 is 18.1 Å². The minimum atomic E-state index is -1.83. The first-order chi connectivity index (χ1) is 6.36. The third kappa shape index (κ3) is 101. The topological polar surface area (TPSA) is 132 Å². The van der Waals surface area contributed by atoms with Crippen molar-refractivity contribution in [3.8, 4) is 0 Å². The molecule has 4 N–H and O–H groups in total. The lowest BCUT2D eigenvalue weighted by Crippen LogP contribution is -1.91. The van der Waals surface area contributed by atoms with Crippen LogP contribution in [0, 0.1) is 0 Å². The zero-order valence-electron chi connectivity index (χ0n) is 7.08. The number of carboxylic acid groups (broad SMARTS) is 4. The van der Waals surface area contributed by atoms with E-state index in [1.807, 2.05) is 0 Å². The summed E-state index contributed by atoms with van der Waals surface area (Å²) in [6.45, 7) is 6.00. The molecule has 0 aliphatic rings. The van der Waals surface area contributed by atoms with Crippen LogP contribution in [0.3, 0.4) is 0 Å². The van der Waals surface area contributed by atoms with E-state index < -0.39 is 18.1 Å². The minimum absolute atomic E-state index is 0.558. The molecule has 0 aliphatic carbocycles. The highest BCUT2D eigenvalue weighted by Gasteiger charge is 1.88. The van der Waals surface area contributed by atoms with E-state index in [0.717, 1.165) is 0 Å². The van der Waals surface area contributed by atoms with E-state index in [1.54, 1.807) is 0 Å². The summed E-state index contributed by atoms with van der Waals surface area (Å²) in [5.74, 6) is -2.51. The molecule has 0 aromatic heterocycles. The van der Waals surface area contributed by atoms with E-state index in [4.69, 9.17) is 25.2 Å². The number of carbonyl (C=O) groups is 3. The van der Waals surface area contributed by atoms with Crippen molar-refractivity contribution in [1.29, 1.82) is 0 Å². The Morgan fingerprint density at radius 1 is 0.786 bits per heavy atom. The first kappa shape index (κ1) is 17.7. The number of hydrogen-bond acceptors (Lipinski definition) is 3. The van der Waals surface area contributed by atoms with Crippen LogP contribution in [0.4, 0.5) is 4.79 Å². The van der Waals surface area contributed by atoms with Crippen molar-refractivity contribution in [2.75, 3.05) is 0 Å². The molecular formula is C7H10O7. The lowest BCUT2D eigenvalue weighted by atomic mass is 10.5. The quantitative estimate of drug-likeness (QED) is 0.386. The molecule has 0 aromatic rings. The van der Waals surface area contributed by atoms with Gasteiger partial charge in [0.2, 0.25) is 0 Å². The van der Waals surface area contributed by atoms with Gasteiger partial charge in [-0.2, -0.15) is 0 Å². The van der Waals surface area contributed by atoms with Gasteiger partial charge in [0.15, 0.2) is 0 Å². The predicted molar refractivity (Wildman–Crippen MR) is 46.3 cm³/mol. The van der Waals surface area contributed by atoms with E-state index in [2.05, 4.69) is 13.2 Å². The zero-order chi connectivity index (χ0) is 12.1. The second kappa shape index (κ2) is 13.3. The monoisotopic (exact) mass is 206 g/mol. The van der Waals surface area contributed by atoms with Gasteiger partial charge in [0.25, 0.3) is 0 Å². The maximum absolute atomic E-state index is 9.55. The highest BCUT2D eigenvalue weighted by molar-refractivity contribution is 5.89. The predicted octanol–water partition coefficient (Wildman–Crippen LogP) is 0.736. The number of aliphatic carboxylic acids is 2. The summed E-state index contributed by atoms with van der Waals surface area (Å²) < 4.78 is 0. The van der Waals surface area contributed by atoms with Gasteiger partial charge in [-0.3, -0.25) is 0 Å².